The number of anilines is 1. The topological polar surface area (TPSA) is 53.7 Å². The summed E-state index contributed by atoms with van der Waals surface area (Å²) in [6, 6.07) is 11.8. The van der Waals surface area contributed by atoms with E-state index in [0.717, 1.165) is 28.6 Å². The maximum atomic E-state index is 5.96. The van der Waals surface area contributed by atoms with Gasteiger partial charge in [-0.2, -0.15) is 0 Å². The van der Waals surface area contributed by atoms with Crippen molar-refractivity contribution in [2.45, 2.75) is 6.42 Å². The van der Waals surface area contributed by atoms with Gasteiger partial charge in [-0.15, -0.1) is 0 Å². The van der Waals surface area contributed by atoms with E-state index in [4.69, 9.17) is 19.9 Å². The Morgan fingerprint density at radius 1 is 0.900 bits per heavy atom. The van der Waals surface area contributed by atoms with Gasteiger partial charge in [-0.05, 0) is 12.1 Å². The Balaban J connectivity index is 1.86. The normalized spacial score (nSPS) is 10.8. The fourth-order valence-corrected chi connectivity index (χ4v) is 2.01. The lowest BCUT2D eigenvalue weighted by atomic mass is 10.1. The quantitative estimate of drug-likeness (QED) is 0.594. The highest BCUT2D eigenvalue weighted by Crippen LogP contribution is 2.29. The summed E-state index contributed by atoms with van der Waals surface area (Å²) in [7, 11) is 1.67. The lowest BCUT2D eigenvalue weighted by Gasteiger charge is -2.11. The largest absolute Gasteiger partial charge is 0.493 e. The zero-order valence-electron chi connectivity index (χ0n) is 11.8. The molecule has 0 aliphatic rings. The summed E-state index contributed by atoms with van der Waals surface area (Å²) < 4.78 is 16.1. The van der Waals surface area contributed by atoms with Crippen LogP contribution >= 0.6 is 0 Å². The van der Waals surface area contributed by atoms with Crippen LogP contribution in [0.1, 0.15) is 6.42 Å². The third-order valence-corrected chi connectivity index (χ3v) is 3.04. The molecule has 0 aliphatic heterocycles. The van der Waals surface area contributed by atoms with Gasteiger partial charge in [0.25, 0.3) is 0 Å². The Hall–Kier alpha value is -1.78. The Kier molecular flexibility index (Phi) is 5.65. The second-order valence-electron chi connectivity index (χ2n) is 4.51. The number of hydrogen-bond acceptors (Lipinski definition) is 4. The van der Waals surface area contributed by atoms with Gasteiger partial charge in [0.1, 0.15) is 5.75 Å². The first-order valence-corrected chi connectivity index (χ1v) is 6.79. The monoisotopic (exact) mass is 275 g/mol. The van der Waals surface area contributed by atoms with Crippen LogP contribution in [-0.2, 0) is 9.47 Å². The van der Waals surface area contributed by atoms with Crippen molar-refractivity contribution in [2.75, 3.05) is 39.3 Å². The molecular weight excluding hydrogens is 254 g/mol. The van der Waals surface area contributed by atoms with E-state index in [0.29, 0.717) is 26.4 Å². The molecule has 0 heterocycles. The molecule has 0 amide bonds. The molecule has 108 valence electrons. The molecule has 0 bridgehead atoms. The molecule has 2 aromatic rings. The Morgan fingerprint density at radius 3 is 2.50 bits per heavy atom. The molecule has 0 saturated carbocycles. The number of hydrogen-bond donors (Lipinski definition) is 1. The molecule has 0 aliphatic carbocycles. The number of benzene rings is 2. The number of methoxy groups -OCH3 is 1. The van der Waals surface area contributed by atoms with Crippen molar-refractivity contribution in [3.63, 3.8) is 0 Å². The second-order valence-corrected chi connectivity index (χ2v) is 4.51. The Bertz CT molecular complexity index is 542. The number of fused-ring (bicyclic) bond motifs is 1. The summed E-state index contributed by atoms with van der Waals surface area (Å²) in [6.07, 6.45) is 0.850. The zero-order chi connectivity index (χ0) is 14.2. The minimum atomic E-state index is 0.626. The van der Waals surface area contributed by atoms with Crippen LogP contribution in [0.3, 0.4) is 0 Å². The van der Waals surface area contributed by atoms with Gasteiger partial charge in [0.15, 0.2) is 0 Å². The van der Waals surface area contributed by atoms with Crippen molar-refractivity contribution in [1.29, 1.82) is 0 Å². The summed E-state index contributed by atoms with van der Waals surface area (Å²) in [6.45, 7) is 2.56. The van der Waals surface area contributed by atoms with Crippen molar-refractivity contribution in [1.82, 2.24) is 0 Å². The highest BCUT2D eigenvalue weighted by molar-refractivity contribution is 5.96. The van der Waals surface area contributed by atoms with E-state index in [-0.39, 0.29) is 0 Å². The molecule has 0 spiro atoms. The zero-order valence-corrected chi connectivity index (χ0v) is 11.8. The predicted octanol–water partition coefficient (Wildman–Crippen LogP) is 2.85. The molecule has 4 heteroatoms. The summed E-state index contributed by atoms with van der Waals surface area (Å²) >= 11 is 0. The minimum absolute atomic E-state index is 0.626. The van der Waals surface area contributed by atoms with Crippen molar-refractivity contribution in [2.24, 2.45) is 0 Å². The summed E-state index contributed by atoms with van der Waals surface area (Å²) in [4.78, 5) is 0. The van der Waals surface area contributed by atoms with E-state index < -0.39 is 0 Å². The SMILES string of the molecule is COCCOCCCOc1ccc(N)c2ccccc12. The van der Waals surface area contributed by atoms with Crippen molar-refractivity contribution in [3.8, 4) is 5.75 Å². The van der Waals surface area contributed by atoms with Crippen molar-refractivity contribution >= 4 is 16.5 Å². The molecule has 0 unspecified atom stereocenters. The standard InChI is InChI=1S/C16H21NO3/c1-18-11-12-19-9-4-10-20-16-8-7-15(17)13-5-2-3-6-14(13)16/h2-3,5-8H,4,9-12,17H2,1H3. The van der Waals surface area contributed by atoms with Crippen molar-refractivity contribution < 1.29 is 14.2 Å². The van der Waals surface area contributed by atoms with E-state index >= 15 is 0 Å². The third kappa shape index (κ3) is 3.85. The van der Waals surface area contributed by atoms with Crippen LogP contribution < -0.4 is 10.5 Å². The van der Waals surface area contributed by atoms with Gasteiger partial charge in [-0.3, -0.25) is 0 Å². The number of nitrogens with two attached hydrogens (primary N) is 1. The van der Waals surface area contributed by atoms with Crippen LogP contribution in [0.2, 0.25) is 0 Å². The van der Waals surface area contributed by atoms with Gasteiger partial charge in [0.2, 0.25) is 0 Å². The summed E-state index contributed by atoms with van der Waals surface area (Å²) in [5.41, 5.74) is 6.73. The highest BCUT2D eigenvalue weighted by Gasteiger charge is 2.04. The lowest BCUT2D eigenvalue weighted by Crippen LogP contribution is -2.07. The molecule has 0 fully saturated rings. The number of nitrogen functional groups attached to an aromatic ring is 1. The van der Waals surface area contributed by atoms with Crippen LogP contribution in [0.25, 0.3) is 10.8 Å². The lowest BCUT2D eigenvalue weighted by molar-refractivity contribution is 0.0645. The predicted molar refractivity (Wildman–Crippen MR) is 81.2 cm³/mol. The van der Waals surface area contributed by atoms with Gasteiger partial charge in [-0.25, -0.2) is 0 Å². The average Bonchev–Trinajstić information content (AvgIpc) is 2.49. The first-order valence-electron chi connectivity index (χ1n) is 6.79. The van der Waals surface area contributed by atoms with E-state index in [2.05, 4.69) is 0 Å². The van der Waals surface area contributed by atoms with Gasteiger partial charge in [0, 0.05) is 36.6 Å². The van der Waals surface area contributed by atoms with Gasteiger partial charge in [-0.1, -0.05) is 24.3 Å². The smallest absolute Gasteiger partial charge is 0.127 e. The number of rotatable bonds is 8. The first-order chi connectivity index (χ1) is 9.83. The molecule has 0 radical (unpaired) electrons. The van der Waals surface area contributed by atoms with Gasteiger partial charge < -0.3 is 19.9 Å². The van der Waals surface area contributed by atoms with Crippen molar-refractivity contribution in [3.05, 3.63) is 36.4 Å². The van der Waals surface area contributed by atoms with E-state index in [1.165, 1.54) is 0 Å². The van der Waals surface area contributed by atoms with E-state index in [9.17, 15) is 0 Å². The highest BCUT2D eigenvalue weighted by atomic mass is 16.5. The molecular formula is C16H21NO3. The molecule has 4 nitrogen and oxygen atoms in total. The maximum Gasteiger partial charge on any atom is 0.127 e. The molecule has 2 N–H and O–H groups in total. The summed E-state index contributed by atoms with van der Waals surface area (Å²) in [5.74, 6) is 0.867. The fraction of sp³-hybridized carbons (Fsp3) is 0.375. The average molecular weight is 275 g/mol. The van der Waals surface area contributed by atoms with E-state index in [1.54, 1.807) is 7.11 Å². The Morgan fingerprint density at radius 2 is 1.70 bits per heavy atom. The molecule has 0 saturated heterocycles. The first kappa shape index (κ1) is 14.6. The molecule has 2 rings (SSSR count). The molecule has 0 aromatic heterocycles. The summed E-state index contributed by atoms with van der Waals surface area (Å²) in [5, 5.41) is 2.08. The van der Waals surface area contributed by atoms with Crippen LogP contribution in [0.15, 0.2) is 36.4 Å². The van der Waals surface area contributed by atoms with E-state index in [1.807, 2.05) is 36.4 Å². The second kappa shape index (κ2) is 7.72. The third-order valence-electron chi connectivity index (χ3n) is 3.04. The molecule has 20 heavy (non-hydrogen) atoms. The Labute approximate surface area is 119 Å². The van der Waals surface area contributed by atoms with Gasteiger partial charge >= 0.3 is 0 Å². The van der Waals surface area contributed by atoms with Gasteiger partial charge in [0.05, 0.1) is 19.8 Å². The molecule has 2 aromatic carbocycles. The van der Waals surface area contributed by atoms with Crippen LogP contribution in [0, 0.1) is 0 Å². The van der Waals surface area contributed by atoms with Crippen LogP contribution in [0.4, 0.5) is 5.69 Å². The molecule has 0 atom stereocenters. The van der Waals surface area contributed by atoms with Crippen LogP contribution in [0.5, 0.6) is 5.75 Å². The minimum Gasteiger partial charge on any atom is -0.493 e. The maximum absolute atomic E-state index is 5.96. The van der Waals surface area contributed by atoms with Crippen LogP contribution in [-0.4, -0.2) is 33.5 Å². The fourth-order valence-electron chi connectivity index (χ4n) is 2.01. The number of ether oxygens (including phenoxy) is 3.